The van der Waals surface area contributed by atoms with Crippen molar-refractivity contribution in [1.29, 1.82) is 0 Å². The molecule has 1 aliphatic heterocycles. The van der Waals surface area contributed by atoms with Gasteiger partial charge in [0.1, 0.15) is 5.01 Å². The van der Waals surface area contributed by atoms with Crippen molar-refractivity contribution < 1.29 is 14.4 Å². The molecule has 4 rings (SSSR count). The molecule has 0 bridgehead atoms. The second kappa shape index (κ2) is 7.21. The minimum atomic E-state index is -0.433. The molecule has 146 valence electrons. The standard InChI is InChI=1S/C21H18N4O3S/c1-4-17-23-24-21(29-17)22-18(26)13-7-8-14-15(10-13)20(28)25(19(14)27)16-9-11(2)5-6-12(16)3/h5-10H,4H2,1-3H3,(H,22,24,26). The monoisotopic (exact) mass is 406 g/mol. The third-order valence-corrected chi connectivity index (χ3v) is 5.73. The fourth-order valence-corrected chi connectivity index (χ4v) is 3.85. The summed E-state index contributed by atoms with van der Waals surface area (Å²) in [7, 11) is 0. The first-order valence-corrected chi connectivity index (χ1v) is 9.94. The zero-order valence-electron chi connectivity index (χ0n) is 16.1. The van der Waals surface area contributed by atoms with Crippen LogP contribution in [0.15, 0.2) is 36.4 Å². The summed E-state index contributed by atoms with van der Waals surface area (Å²) in [5, 5.41) is 11.8. The van der Waals surface area contributed by atoms with Crippen molar-refractivity contribution >= 4 is 39.9 Å². The first-order valence-electron chi connectivity index (χ1n) is 9.13. The van der Waals surface area contributed by atoms with Crippen molar-refractivity contribution in [3.8, 4) is 0 Å². The maximum Gasteiger partial charge on any atom is 0.266 e. The molecule has 3 amide bonds. The van der Waals surface area contributed by atoms with Crippen molar-refractivity contribution in [1.82, 2.24) is 10.2 Å². The molecule has 1 aromatic heterocycles. The number of hydrogen-bond donors (Lipinski definition) is 1. The molecule has 0 fully saturated rings. The quantitative estimate of drug-likeness (QED) is 0.666. The number of carbonyl (C=O) groups is 3. The molecule has 29 heavy (non-hydrogen) atoms. The molecule has 0 atom stereocenters. The number of nitrogens with one attached hydrogen (secondary N) is 1. The van der Waals surface area contributed by atoms with Crippen LogP contribution < -0.4 is 10.2 Å². The second-order valence-electron chi connectivity index (χ2n) is 6.80. The molecule has 1 N–H and O–H groups in total. The molecular formula is C21H18N4O3S. The van der Waals surface area contributed by atoms with E-state index in [2.05, 4.69) is 15.5 Å². The maximum absolute atomic E-state index is 13.0. The third-order valence-electron chi connectivity index (χ3n) is 4.74. The number of amides is 3. The Hall–Kier alpha value is -3.39. The SMILES string of the molecule is CCc1nnc(NC(=O)c2ccc3c(c2)C(=O)N(c2cc(C)ccc2C)C3=O)s1. The molecule has 2 aromatic carbocycles. The Bertz CT molecular complexity index is 1170. The highest BCUT2D eigenvalue weighted by molar-refractivity contribution is 7.15. The molecule has 0 spiro atoms. The molecule has 0 unspecified atom stereocenters. The van der Waals surface area contributed by atoms with E-state index in [-0.39, 0.29) is 22.6 Å². The average Bonchev–Trinajstić information content (AvgIpc) is 3.26. The maximum atomic E-state index is 13.0. The van der Waals surface area contributed by atoms with E-state index >= 15 is 0 Å². The molecule has 0 radical (unpaired) electrons. The van der Waals surface area contributed by atoms with Crippen molar-refractivity contribution in [2.45, 2.75) is 27.2 Å². The van der Waals surface area contributed by atoms with E-state index in [1.807, 2.05) is 39.0 Å². The van der Waals surface area contributed by atoms with Gasteiger partial charge in [0, 0.05) is 5.56 Å². The summed E-state index contributed by atoms with van der Waals surface area (Å²) < 4.78 is 0. The lowest BCUT2D eigenvalue weighted by Gasteiger charge is -2.17. The summed E-state index contributed by atoms with van der Waals surface area (Å²) in [5.74, 6) is -1.23. The van der Waals surface area contributed by atoms with Crippen molar-refractivity contribution in [3.63, 3.8) is 0 Å². The molecule has 0 saturated heterocycles. The number of nitrogens with zero attached hydrogens (tertiary/aromatic N) is 3. The third kappa shape index (κ3) is 3.31. The molecule has 1 aliphatic rings. The number of imide groups is 1. The van der Waals surface area contributed by atoms with Gasteiger partial charge in [-0.25, -0.2) is 4.90 Å². The minimum Gasteiger partial charge on any atom is -0.296 e. The number of anilines is 2. The highest BCUT2D eigenvalue weighted by Crippen LogP contribution is 2.32. The molecule has 2 heterocycles. The van der Waals surface area contributed by atoms with Crippen LogP contribution >= 0.6 is 11.3 Å². The molecule has 8 heteroatoms. The zero-order valence-corrected chi connectivity index (χ0v) is 17.0. The number of fused-ring (bicyclic) bond motifs is 1. The number of aromatic nitrogens is 2. The van der Waals surface area contributed by atoms with Gasteiger partial charge in [0.2, 0.25) is 5.13 Å². The molecule has 3 aromatic rings. The van der Waals surface area contributed by atoms with Crippen LogP contribution in [0.1, 0.15) is 54.1 Å². The summed E-state index contributed by atoms with van der Waals surface area (Å²) in [6.07, 6.45) is 0.733. The van der Waals surface area contributed by atoms with Crippen LogP contribution in [0.5, 0.6) is 0 Å². The van der Waals surface area contributed by atoms with E-state index in [0.29, 0.717) is 10.8 Å². The van der Waals surface area contributed by atoms with Gasteiger partial charge in [-0.05, 0) is 55.7 Å². The number of hydrogen-bond acceptors (Lipinski definition) is 6. The Morgan fingerprint density at radius 2 is 1.79 bits per heavy atom. The number of rotatable bonds is 4. The largest absolute Gasteiger partial charge is 0.296 e. The highest BCUT2D eigenvalue weighted by atomic mass is 32.1. The van der Waals surface area contributed by atoms with Crippen LogP contribution in [-0.4, -0.2) is 27.9 Å². The lowest BCUT2D eigenvalue weighted by molar-refractivity contribution is 0.0925. The minimum absolute atomic E-state index is 0.218. The summed E-state index contributed by atoms with van der Waals surface area (Å²) in [4.78, 5) is 39.6. The number of carbonyl (C=O) groups excluding carboxylic acids is 3. The van der Waals surface area contributed by atoms with Gasteiger partial charge < -0.3 is 0 Å². The summed E-state index contributed by atoms with van der Waals surface area (Å²) in [5.41, 5.74) is 3.12. The fraction of sp³-hybridized carbons (Fsp3) is 0.190. The van der Waals surface area contributed by atoms with Crippen LogP contribution in [0, 0.1) is 13.8 Å². The van der Waals surface area contributed by atoms with Gasteiger partial charge in [-0.15, -0.1) is 10.2 Å². The fourth-order valence-electron chi connectivity index (χ4n) is 3.18. The Kier molecular flexibility index (Phi) is 4.71. The predicted molar refractivity (Wildman–Crippen MR) is 111 cm³/mol. The normalized spacial score (nSPS) is 13.0. The van der Waals surface area contributed by atoms with Gasteiger partial charge in [-0.2, -0.15) is 0 Å². The first kappa shape index (κ1) is 18.9. The van der Waals surface area contributed by atoms with Crippen LogP contribution in [0.4, 0.5) is 10.8 Å². The summed E-state index contributed by atoms with van der Waals surface area (Å²) in [6.45, 7) is 5.71. The summed E-state index contributed by atoms with van der Waals surface area (Å²) >= 11 is 1.30. The van der Waals surface area contributed by atoms with Gasteiger partial charge in [0.25, 0.3) is 17.7 Å². The highest BCUT2D eigenvalue weighted by Gasteiger charge is 2.37. The first-order chi connectivity index (χ1) is 13.9. The molecule has 0 aliphatic carbocycles. The van der Waals surface area contributed by atoms with E-state index in [9.17, 15) is 14.4 Å². The van der Waals surface area contributed by atoms with Crippen LogP contribution in [0.2, 0.25) is 0 Å². The van der Waals surface area contributed by atoms with Gasteiger partial charge in [-0.3, -0.25) is 19.7 Å². The molecule has 7 nitrogen and oxygen atoms in total. The topological polar surface area (TPSA) is 92.3 Å². The Labute approximate surface area is 171 Å². The van der Waals surface area contributed by atoms with E-state index in [1.54, 1.807) is 0 Å². The van der Waals surface area contributed by atoms with Crippen LogP contribution in [-0.2, 0) is 6.42 Å². The average molecular weight is 406 g/mol. The lowest BCUT2D eigenvalue weighted by atomic mass is 10.1. The van der Waals surface area contributed by atoms with Gasteiger partial charge in [0.15, 0.2) is 0 Å². The predicted octanol–water partition coefficient (Wildman–Crippen LogP) is 3.77. The van der Waals surface area contributed by atoms with E-state index < -0.39 is 11.8 Å². The zero-order chi connectivity index (χ0) is 20.7. The van der Waals surface area contributed by atoms with Crippen LogP contribution in [0.25, 0.3) is 0 Å². The lowest BCUT2D eigenvalue weighted by Crippen LogP contribution is -2.30. The van der Waals surface area contributed by atoms with E-state index in [0.717, 1.165) is 22.6 Å². The van der Waals surface area contributed by atoms with E-state index in [1.165, 1.54) is 34.4 Å². The second-order valence-corrected chi connectivity index (χ2v) is 7.87. The Morgan fingerprint density at radius 1 is 1.03 bits per heavy atom. The van der Waals surface area contributed by atoms with Gasteiger partial charge >= 0.3 is 0 Å². The Balaban J connectivity index is 1.64. The van der Waals surface area contributed by atoms with Crippen LogP contribution in [0.3, 0.4) is 0 Å². The Morgan fingerprint density at radius 3 is 2.52 bits per heavy atom. The summed E-state index contributed by atoms with van der Waals surface area (Å²) in [6, 6.07) is 10.1. The molecule has 0 saturated carbocycles. The number of benzene rings is 2. The van der Waals surface area contributed by atoms with Crippen molar-refractivity contribution in [2.75, 3.05) is 10.2 Å². The van der Waals surface area contributed by atoms with Crippen molar-refractivity contribution in [3.05, 3.63) is 69.2 Å². The van der Waals surface area contributed by atoms with E-state index in [4.69, 9.17) is 0 Å². The van der Waals surface area contributed by atoms with Gasteiger partial charge in [0.05, 0.1) is 16.8 Å². The molecular weight excluding hydrogens is 388 g/mol. The van der Waals surface area contributed by atoms with Crippen molar-refractivity contribution in [2.24, 2.45) is 0 Å². The van der Waals surface area contributed by atoms with Gasteiger partial charge in [-0.1, -0.05) is 30.4 Å². The number of aryl methyl sites for hydroxylation is 3. The smallest absolute Gasteiger partial charge is 0.266 e.